The molecule has 1 aliphatic rings. The van der Waals surface area contributed by atoms with Gasteiger partial charge in [0.15, 0.2) is 5.82 Å². The van der Waals surface area contributed by atoms with Crippen molar-refractivity contribution in [2.24, 2.45) is 0 Å². The van der Waals surface area contributed by atoms with Gasteiger partial charge in [0, 0.05) is 37.3 Å². The number of rotatable bonds is 5. The molecule has 1 N–H and O–H groups in total. The Labute approximate surface area is 181 Å². The smallest absolute Gasteiger partial charge is 0.227 e. The molecule has 2 aromatic carbocycles. The number of aromatic amines is 1. The van der Waals surface area contributed by atoms with Gasteiger partial charge in [0.05, 0.1) is 19.2 Å². The van der Waals surface area contributed by atoms with Crippen molar-refractivity contribution in [2.45, 2.75) is 12.8 Å². The Balaban J connectivity index is 1.37. The zero-order valence-corrected chi connectivity index (χ0v) is 17.7. The van der Waals surface area contributed by atoms with E-state index >= 15 is 0 Å². The number of aromatic nitrogens is 2. The number of ether oxygens (including phenoxy) is 1. The molecule has 1 aromatic heterocycles. The summed E-state index contributed by atoms with van der Waals surface area (Å²) < 4.78 is 5.22. The first-order valence-corrected chi connectivity index (χ1v) is 10.5. The molecule has 0 atom stereocenters. The lowest BCUT2D eigenvalue weighted by molar-refractivity contribution is -0.130. The summed E-state index contributed by atoms with van der Waals surface area (Å²) in [5.41, 5.74) is 3.01. The van der Waals surface area contributed by atoms with Crippen molar-refractivity contribution < 1.29 is 9.53 Å². The zero-order valence-electron chi connectivity index (χ0n) is 17.0. The van der Waals surface area contributed by atoms with Crippen molar-refractivity contribution >= 4 is 23.3 Å². The minimum atomic E-state index is 0.153. The van der Waals surface area contributed by atoms with Gasteiger partial charge in [-0.3, -0.25) is 9.89 Å². The number of anilines is 1. The summed E-state index contributed by atoms with van der Waals surface area (Å²) in [7, 11) is 1.66. The molecule has 1 aliphatic heterocycles. The van der Waals surface area contributed by atoms with Crippen molar-refractivity contribution in [3.8, 4) is 17.0 Å². The van der Waals surface area contributed by atoms with Gasteiger partial charge in [-0.1, -0.05) is 23.7 Å². The van der Waals surface area contributed by atoms with E-state index in [1.807, 2.05) is 53.4 Å². The van der Waals surface area contributed by atoms with Crippen molar-refractivity contribution in [2.75, 3.05) is 38.2 Å². The predicted molar refractivity (Wildman–Crippen MR) is 119 cm³/mol. The molecule has 1 amide bonds. The van der Waals surface area contributed by atoms with Crippen LogP contribution in [0.1, 0.15) is 12.0 Å². The van der Waals surface area contributed by atoms with Crippen LogP contribution in [0.5, 0.6) is 5.75 Å². The first kappa shape index (κ1) is 20.3. The van der Waals surface area contributed by atoms with E-state index in [2.05, 4.69) is 21.2 Å². The number of amides is 1. The molecule has 6 nitrogen and oxygen atoms in total. The number of benzene rings is 2. The first-order chi connectivity index (χ1) is 14.6. The van der Waals surface area contributed by atoms with Gasteiger partial charge >= 0.3 is 0 Å². The van der Waals surface area contributed by atoms with Crippen LogP contribution < -0.4 is 9.64 Å². The first-order valence-electron chi connectivity index (χ1n) is 10.1. The molecule has 156 valence electrons. The summed E-state index contributed by atoms with van der Waals surface area (Å²) in [6, 6.07) is 17.4. The fourth-order valence-electron chi connectivity index (χ4n) is 3.68. The van der Waals surface area contributed by atoms with E-state index in [-0.39, 0.29) is 5.91 Å². The third-order valence-corrected chi connectivity index (χ3v) is 5.66. The third-order valence-electron chi connectivity index (χ3n) is 5.41. The minimum absolute atomic E-state index is 0.153. The van der Waals surface area contributed by atoms with Crippen LogP contribution in [0.4, 0.5) is 5.82 Å². The van der Waals surface area contributed by atoms with E-state index in [0.29, 0.717) is 18.0 Å². The second kappa shape index (κ2) is 9.22. The lowest BCUT2D eigenvalue weighted by Gasteiger charge is -2.22. The van der Waals surface area contributed by atoms with Crippen LogP contribution in [0, 0.1) is 0 Å². The van der Waals surface area contributed by atoms with Gasteiger partial charge in [-0.2, -0.15) is 5.10 Å². The Morgan fingerprint density at radius 2 is 1.83 bits per heavy atom. The van der Waals surface area contributed by atoms with Crippen LogP contribution >= 0.6 is 11.6 Å². The molecule has 0 radical (unpaired) electrons. The minimum Gasteiger partial charge on any atom is -0.497 e. The highest BCUT2D eigenvalue weighted by Gasteiger charge is 2.21. The summed E-state index contributed by atoms with van der Waals surface area (Å²) >= 11 is 5.93. The van der Waals surface area contributed by atoms with Gasteiger partial charge < -0.3 is 14.5 Å². The molecule has 0 spiro atoms. The third kappa shape index (κ3) is 4.76. The number of nitrogens with one attached hydrogen (secondary N) is 1. The van der Waals surface area contributed by atoms with Crippen molar-refractivity contribution in [1.82, 2.24) is 15.1 Å². The monoisotopic (exact) mass is 424 g/mol. The molecule has 30 heavy (non-hydrogen) atoms. The number of H-pyrrole nitrogens is 1. The molecule has 3 aromatic rings. The highest BCUT2D eigenvalue weighted by molar-refractivity contribution is 6.30. The molecule has 1 saturated heterocycles. The van der Waals surface area contributed by atoms with E-state index in [1.165, 1.54) is 0 Å². The van der Waals surface area contributed by atoms with Crippen LogP contribution in [0.3, 0.4) is 0 Å². The van der Waals surface area contributed by atoms with Gasteiger partial charge in [0.25, 0.3) is 0 Å². The normalized spacial score (nSPS) is 14.5. The Kier molecular flexibility index (Phi) is 6.23. The van der Waals surface area contributed by atoms with Gasteiger partial charge in [0.1, 0.15) is 5.75 Å². The largest absolute Gasteiger partial charge is 0.497 e. The molecule has 0 bridgehead atoms. The predicted octanol–water partition coefficient (Wildman–Crippen LogP) is 4.02. The maximum absolute atomic E-state index is 12.7. The molecule has 0 aliphatic carbocycles. The SMILES string of the molecule is COc1ccc(-c2cc(N3CCCN(C(=O)Cc4ccc(Cl)cc4)CC3)n[nH]2)cc1. The van der Waals surface area contributed by atoms with E-state index < -0.39 is 0 Å². The Hall–Kier alpha value is -2.99. The highest BCUT2D eigenvalue weighted by atomic mass is 35.5. The average molecular weight is 425 g/mol. The van der Waals surface area contributed by atoms with Crippen LogP contribution in [0.15, 0.2) is 54.6 Å². The Morgan fingerprint density at radius 1 is 1.07 bits per heavy atom. The van der Waals surface area contributed by atoms with Crippen molar-refractivity contribution in [3.63, 3.8) is 0 Å². The highest BCUT2D eigenvalue weighted by Crippen LogP contribution is 2.24. The van der Waals surface area contributed by atoms with Crippen LogP contribution in [0.25, 0.3) is 11.3 Å². The van der Waals surface area contributed by atoms with Gasteiger partial charge in [-0.05, 0) is 53.9 Å². The van der Waals surface area contributed by atoms with E-state index in [1.54, 1.807) is 7.11 Å². The fraction of sp³-hybridized carbons (Fsp3) is 0.304. The molecule has 4 rings (SSSR count). The lowest BCUT2D eigenvalue weighted by Crippen LogP contribution is -2.36. The van der Waals surface area contributed by atoms with E-state index in [0.717, 1.165) is 54.4 Å². The fourth-order valence-corrected chi connectivity index (χ4v) is 3.80. The standard InChI is InChI=1S/C23H25ClN4O2/c1-30-20-9-5-18(6-10-20)21-16-22(26-25-21)27-11-2-12-28(14-13-27)23(29)15-17-3-7-19(24)8-4-17/h3-10,16H,2,11-15H2,1H3,(H,25,26). The molecule has 1 fully saturated rings. The maximum atomic E-state index is 12.7. The molecule has 0 saturated carbocycles. The molecule has 2 heterocycles. The molecule has 7 heteroatoms. The van der Waals surface area contributed by atoms with E-state index in [4.69, 9.17) is 16.3 Å². The quantitative estimate of drug-likeness (QED) is 0.672. The zero-order chi connectivity index (χ0) is 20.9. The van der Waals surface area contributed by atoms with Crippen molar-refractivity contribution in [3.05, 3.63) is 65.2 Å². The second-order valence-corrected chi connectivity index (χ2v) is 7.83. The van der Waals surface area contributed by atoms with E-state index in [9.17, 15) is 4.79 Å². The lowest BCUT2D eigenvalue weighted by atomic mass is 10.1. The van der Waals surface area contributed by atoms with Gasteiger partial charge in [-0.25, -0.2) is 0 Å². The molecule has 0 unspecified atom stereocenters. The summed E-state index contributed by atoms with van der Waals surface area (Å²) in [6.07, 6.45) is 1.32. The number of methoxy groups -OCH3 is 1. The van der Waals surface area contributed by atoms with Crippen molar-refractivity contribution in [1.29, 1.82) is 0 Å². The Morgan fingerprint density at radius 3 is 2.57 bits per heavy atom. The Bertz CT molecular complexity index is 985. The van der Waals surface area contributed by atoms with Gasteiger partial charge in [-0.15, -0.1) is 0 Å². The average Bonchev–Trinajstić information content (AvgIpc) is 3.13. The number of carbonyl (C=O) groups excluding carboxylic acids is 1. The number of carbonyl (C=O) groups is 1. The summed E-state index contributed by atoms with van der Waals surface area (Å²) in [4.78, 5) is 16.9. The number of hydrogen-bond donors (Lipinski definition) is 1. The molecular formula is C23H25ClN4O2. The number of hydrogen-bond acceptors (Lipinski definition) is 4. The summed E-state index contributed by atoms with van der Waals surface area (Å²) in [5, 5.41) is 8.31. The topological polar surface area (TPSA) is 61.5 Å². The summed E-state index contributed by atoms with van der Waals surface area (Å²) in [6.45, 7) is 3.09. The number of halogens is 1. The van der Waals surface area contributed by atoms with Crippen LogP contribution in [0.2, 0.25) is 5.02 Å². The number of nitrogens with zero attached hydrogens (tertiary/aromatic N) is 3. The summed E-state index contributed by atoms with van der Waals surface area (Å²) in [5.74, 6) is 1.89. The van der Waals surface area contributed by atoms with Crippen LogP contribution in [-0.4, -0.2) is 54.3 Å². The molecular weight excluding hydrogens is 400 g/mol. The second-order valence-electron chi connectivity index (χ2n) is 7.39. The maximum Gasteiger partial charge on any atom is 0.227 e. The van der Waals surface area contributed by atoms with Gasteiger partial charge in [0.2, 0.25) is 5.91 Å². The van der Waals surface area contributed by atoms with Crippen LogP contribution in [-0.2, 0) is 11.2 Å².